The highest BCUT2D eigenvalue weighted by molar-refractivity contribution is 5.84. The second-order valence-corrected chi connectivity index (χ2v) is 9.84. The zero-order chi connectivity index (χ0) is 23.6. The first-order chi connectivity index (χ1) is 16.6. The van der Waals surface area contributed by atoms with E-state index in [1.807, 2.05) is 48.5 Å². The Kier molecular flexibility index (Phi) is 6.22. The Balaban J connectivity index is 1.25. The summed E-state index contributed by atoms with van der Waals surface area (Å²) in [4.78, 5) is 19.4. The fourth-order valence-electron chi connectivity index (χ4n) is 4.97. The first-order valence-corrected chi connectivity index (χ1v) is 12.2. The smallest absolute Gasteiger partial charge is 0.326 e. The molecule has 2 saturated carbocycles. The van der Waals surface area contributed by atoms with Gasteiger partial charge in [0, 0.05) is 31.5 Å². The van der Waals surface area contributed by atoms with Crippen molar-refractivity contribution in [2.45, 2.75) is 56.2 Å². The molecule has 2 aromatic rings. The van der Waals surface area contributed by atoms with Gasteiger partial charge in [-0.05, 0) is 55.4 Å². The minimum Gasteiger partial charge on any atom is -0.493 e. The number of nitrogens with zero attached hydrogens (tertiary/aromatic N) is 2. The molecule has 34 heavy (non-hydrogen) atoms. The summed E-state index contributed by atoms with van der Waals surface area (Å²) in [7, 11) is 1.65. The van der Waals surface area contributed by atoms with Crippen LogP contribution >= 0.6 is 0 Å². The van der Waals surface area contributed by atoms with Crippen LogP contribution in [-0.2, 0) is 21.7 Å². The number of hydrogen-bond donors (Lipinski definition) is 0. The Hall–Kier alpha value is -3.04. The van der Waals surface area contributed by atoms with Gasteiger partial charge < -0.3 is 19.1 Å². The Morgan fingerprint density at radius 2 is 1.79 bits per heavy atom. The number of rotatable bonds is 9. The Morgan fingerprint density at radius 3 is 2.41 bits per heavy atom. The molecule has 0 spiro atoms. The fraction of sp³-hybridized carbons (Fsp3) is 0.500. The molecular formula is C28H32N2O4. The molecule has 1 heterocycles. The number of likely N-dealkylation sites (tertiary alicyclic amines) is 1. The molecule has 6 heteroatoms. The van der Waals surface area contributed by atoms with Crippen molar-refractivity contribution in [1.82, 2.24) is 4.90 Å². The third-order valence-electron chi connectivity index (χ3n) is 7.60. The molecule has 178 valence electrons. The number of carbonyl (C=O) groups is 1. The monoisotopic (exact) mass is 460 g/mol. The van der Waals surface area contributed by atoms with Crippen molar-refractivity contribution in [3.05, 3.63) is 71.1 Å². The van der Waals surface area contributed by atoms with Crippen LogP contribution in [0.3, 0.4) is 0 Å². The molecule has 0 bridgehead atoms. The topological polar surface area (TPSA) is 52.4 Å². The average Bonchev–Trinajstić information content (AvgIpc) is 3.82. The van der Waals surface area contributed by atoms with Crippen LogP contribution in [0.15, 0.2) is 48.5 Å². The van der Waals surface area contributed by atoms with E-state index in [0.717, 1.165) is 29.7 Å². The SMILES string of the molecule is [C-]#[N+]C1(c2ccc(OC)c(OCC3CC3)c2)CCN(C2(C(=O)OCc3ccccc3)CC2)CC1. The van der Waals surface area contributed by atoms with Gasteiger partial charge in [0.25, 0.3) is 5.54 Å². The van der Waals surface area contributed by atoms with Gasteiger partial charge >= 0.3 is 5.97 Å². The van der Waals surface area contributed by atoms with Gasteiger partial charge in [-0.25, -0.2) is 6.57 Å². The second kappa shape index (κ2) is 9.31. The summed E-state index contributed by atoms with van der Waals surface area (Å²) in [5.74, 6) is 1.94. The molecule has 0 aromatic heterocycles. The zero-order valence-electron chi connectivity index (χ0n) is 19.8. The van der Waals surface area contributed by atoms with Crippen molar-refractivity contribution >= 4 is 5.97 Å². The molecular weight excluding hydrogens is 428 g/mol. The molecule has 5 rings (SSSR count). The van der Waals surface area contributed by atoms with Gasteiger partial charge in [-0.1, -0.05) is 30.3 Å². The molecule has 0 amide bonds. The largest absolute Gasteiger partial charge is 0.493 e. The lowest BCUT2D eigenvalue weighted by Gasteiger charge is -2.38. The van der Waals surface area contributed by atoms with Gasteiger partial charge in [0.05, 0.1) is 13.7 Å². The second-order valence-electron chi connectivity index (χ2n) is 9.84. The van der Waals surface area contributed by atoms with E-state index in [1.54, 1.807) is 7.11 Å². The molecule has 3 fully saturated rings. The molecule has 0 unspecified atom stereocenters. The van der Waals surface area contributed by atoms with Crippen LogP contribution in [0.5, 0.6) is 11.5 Å². The summed E-state index contributed by atoms with van der Waals surface area (Å²) in [6.45, 7) is 10.5. The maximum Gasteiger partial charge on any atom is 0.326 e. The molecule has 0 radical (unpaired) electrons. The molecule has 3 aliphatic rings. The molecule has 0 atom stereocenters. The summed E-state index contributed by atoms with van der Waals surface area (Å²) in [6, 6.07) is 15.7. The van der Waals surface area contributed by atoms with Crippen molar-refractivity contribution in [3.8, 4) is 11.5 Å². The summed E-state index contributed by atoms with van der Waals surface area (Å²) in [6.07, 6.45) is 5.45. The van der Waals surface area contributed by atoms with Crippen LogP contribution in [0.4, 0.5) is 0 Å². The maximum absolute atomic E-state index is 13.0. The van der Waals surface area contributed by atoms with Crippen molar-refractivity contribution in [2.75, 3.05) is 26.8 Å². The minimum atomic E-state index is -0.607. The molecule has 1 aliphatic heterocycles. The van der Waals surface area contributed by atoms with Gasteiger partial charge in [-0.15, -0.1) is 0 Å². The van der Waals surface area contributed by atoms with Crippen LogP contribution in [0.2, 0.25) is 0 Å². The zero-order valence-corrected chi connectivity index (χ0v) is 19.8. The maximum atomic E-state index is 13.0. The van der Waals surface area contributed by atoms with Gasteiger partial charge in [-0.2, -0.15) is 0 Å². The predicted octanol–water partition coefficient (Wildman–Crippen LogP) is 4.97. The fourth-order valence-corrected chi connectivity index (χ4v) is 4.97. The molecule has 6 nitrogen and oxygen atoms in total. The quantitative estimate of drug-likeness (QED) is 0.391. The number of hydrogen-bond acceptors (Lipinski definition) is 5. The number of benzene rings is 2. The van der Waals surface area contributed by atoms with Crippen LogP contribution in [0.25, 0.3) is 4.85 Å². The van der Waals surface area contributed by atoms with Crippen LogP contribution in [-0.4, -0.2) is 43.2 Å². The summed E-state index contributed by atoms with van der Waals surface area (Å²) in [5.41, 5.74) is 0.855. The lowest BCUT2D eigenvalue weighted by atomic mass is 9.81. The number of carbonyl (C=O) groups excluding carboxylic acids is 1. The van der Waals surface area contributed by atoms with Gasteiger partial charge in [0.1, 0.15) is 12.1 Å². The lowest BCUT2D eigenvalue weighted by molar-refractivity contribution is -0.154. The van der Waals surface area contributed by atoms with Crippen molar-refractivity contribution in [2.24, 2.45) is 5.92 Å². The van der Waals surface area contributed by atoms with Crippen LogP contribution < -0.4 is 9.47 Å². The number of esters is 1. The Bertz CT molecular complexity index is 1060. The third kappa shape index (κ3) is 4.50. The van der Waals surface area contributed by atoms with Crippen molar-refractivity contribution < 1.29 is 19.0 Å². The molecule has 1 saturated heterocycles. The first kappa shape index (κ1) is 22.7. The molecule has 0 N–H and O–H groups in total. The average molecular weight is 461 g/mol. The van der Waals surface area contributed by atoms with Gasteiger partial charge in [0.2, 0.25) is 0 Å². The standard InChI is InChI=1S/C28H32N2O4/c1-29-27(23-10-11-24(32-2)25(18-23)33-19-22-8-9-22)14-16-30(17-15-27)28(12-13-28)26(31)34-20-21-6-4-3-5-7-21/h3-7,10-11,18,22H,8-9,12-17,19-20H2,2H3. The van der Waals surface area contributed by atoms with Crippen molar-refractivity contribution in [3.63, 3.8) is 0 Å². The Labute approximate surface area is 201 Å². The predicted molar refractivity (Wildman–Crippen MR) is 129 cm³/mol. The van der Waals surface area contributed by atoms with Gasteiger partial charge in [0.15, 0.2) is 11.5 Å². The van der Waals surface area contributed by atoms with E-state index in [9.17, 15) is 4.79 Å². The molecule has 2 aliphatic carbocycles. The van der Waals surface area contributed by atoms with Gasteiger partial charge in [-0.3, -0.25) is 9.69 Å². The minimum absolute atomic E-state index is 0.133. The first-order valence-electron chi connectivity index (χ1n) is 12.2. The van der Waals surface area contributed by atoms with E-state index >= 15 is 0 Å². The number of ether oxygens (including phenoxy) is 3. The number of methoxy groups -OCH3 is 1. The van der Waals surface area contributed by atoms with E-state index in [-0.39, 0.29) is 5.97 Å². The van der Waals surface area contributed by atoms with Crippen LogP contribution in [0, 0.1) is 12.5 Å². The number of piperidine rings is 1. The van der Waals surface area contributed by atoms with E-state index in [4.69, 9.17) is 20.8 Å². The van der Waals surface area contributed by atoms with E-state index in [1.165, 1.54) is 12.8 Å². The lowest BCUT2D eigenvalue weighted by Crippen LogP contribution is -2.51. The highest BCUT2D eigenvalue weighted by Gasteiger charge is 2.58. The van der Waals surface area contributed by atoms with E-state index < -0.39 is 11.1 Å². The van der Waals surface area contributed by atoms with Crippen molar-refractivity contribution in [1.29, 1.82) is 0 Å². The summed E-state index contributed by atoms with van der Waals surface area (Å²) in [5, 5.41) is 0. The Morgan fingerprint density at radius 1 is 1.06 bits per heavy atom. The normalized spacial score (nSPS) is 20.7. The molecule has 2 aromatic carbocycles. The summed E-state index contributed by atoms with van der Waals surface area (Å²) < 4.78 is 17.2. The summed E-state index contributed by atoms with van der Waals surface area (Å²) >= 11 is 0. The third-order valence-corrected chi connectivity index (χ3v) is 7.60. The van der Waals surface area contributed by atoms with E-state index in [2.05, 4.69) is 9.74 Å². The van der Waals surface area contributed by atoms with Crippen LogP contribution in [0.1, 0.15) is 49.7 Å². The van der Waals surface area contributed by atoms with E-state index in [0.29, 0.717) is 50.8 Å². The highest BCUT2D eigenvalue weighted by atomic mass is 16.5. The highest BCUT2D eigenvalue weighted by Crippen LogP contribution is 2.48.